The zero-order valence-electron chi connectivity index (χ0n) is 13.7. The van der Waals surface area contributed by atoms with E-state index in [0.717, 1.165) is 26.3 Å². The summed E-state index contributed by atoms with van der Waals surface area (Å²) in [6.07, 6.45) is 2.42. The fourth-order valence-electron chi connectivity index (χ4n) is 2.36. The highest BCUT2D eigenvalue weighted by atomic mass is 16.5. The van der Waals surface area contributed by atoms with Crippen molar-refractivity contribution >= 4 is 0 Å². The predicted molar refractivity (Wildman–Crippen MR) is 81.8 cm³/mol. The minimum Gasteiger partial charge on any atom is -0.383 e. The number of nitrogens with zero attached hydrogens (tertiary/aromatic N) is 1. The van der Waals surface area contributed by atoms with Crippen LogP contribution in [-0.4, -0.2) is 63.5 Å². The van der Waals surface area contributed by atoms with E-state index < -0.39 is 0 Å². The molecule has 0 bridgehead atoms. The van der Waals surface area contributed by atoms with Crippen molar-refractivity contribution in [1.29, 1.82) is 0 Å². The summed E-state index contributed by atoms with van der Waals surface area (Å²) in [4.78, 5) is 2.49. The Morgan fingerprint density at radius 1 is 1.00 bits per heavy atom. The molecule has 0 aromatic rings. The van der Waals surface area contributed by atoms with Gasteiger partial charge in [0.25, 0.3) is 0 Å². The van der Waals surface area contributed by atoms with E-state index in [0.29, 0.717) is 18.1 Å². The Hall–Kier alpha value is -0.160. The van der Waals surface area contributed by atoms with Crippen LogP contribution in [0.5, 0.6) is 0 Å². The van der Waals surface area contributed by atoms with Gasteiger partial charge in [0.2, 0.25) is 0 Å². The number of ether oxygens (including phenoxy) is 2. The molecule has 0 aromatic heterocycles. The average molecular weight is 274 g/mol. The van der Waals surface area contributed by atoms with Crippen LogP contribution in [0.3, 0.4) is 0 Å². The van der Waals surface area contributed by atoms with Crippen LogP contribution in [0.2, 0.25) is 0 Å². The van der Waals surface area contributed by atoms with Gasteiger partial charge in [0.05, 0.1) is 13.2 Å². The summed E-state index contributed by atoms with van der Waals surface area (Å²) in [5.74, 6) is 0. The second kappa shape index (κ2) is 11.6. The van der Waals surface area contributed by atoms with Crippen molar-refractivity contribution in [3.05, 3.63) is 0 Å². The fourth-order valence-corrected chi connectivity index (χ4v) is 2.36. The third-order valence-electron chi connectivity index (χ3n) is 3.45. The van der Waals surface area contributed by atoms with Gasteiger partial charge < -0.3 is 14.8 Å². The minimum atomic E-state index is 0.438. The maximum Gasteiger partial charge on any atom is 0.0615 e. The molecule has 0 radical (unpaired) electrons. The highest BCUT2D eigenvalue weighted by Gasteiger charge is 2.19. The smallest absolute Gasteiger partial charge is 0.0615 e. The first kappa shape index (κ1) is 18.8. The van der Waals surface area contributed by atoms with Crippen molar-refractivity contribution in [3.63, 3.8) is 0 Å². The van der Waals surface area contributed by atoms with Crippen LogP contribution in [0.25, 0.3) is 0 Å². The van der Waals surface area contributed by atoms with Crippen molar-refractivity contribution < 1.29 is 9.47 Å². The highest BCUT2D eigenvalue weighted by molar-refractivity contribution is 4.74. The van der Waals surface area contributed by atoms with Gasteiger partial charge in [0.1, 0.15) is 0 Å². The molecule has 2 unspecified atom stereocenters. The number of hydrogen-bond acceptors (Lipinski definition) is 4. The van der Waals surface area contributed by atoms with Crippen LogP contribution in [0.15, 0.2) is 0 Å². The lowest BCUT2D eigenvalue weighted by atomic mass is 10.1. The molecule has 116 valence electrons. The Kier molecular flexibility index (Phi) is 11.6. The van der Waals surface area contributed by atoms with Crippen molar-refractivity contribution in [1.82, 2.24) is 10.2 Å². The van der Waals surface area contributed by atoms with Gasteiger partial charge in [-0.25, -0.2) is 0 Å². The van der Waals surface area contributed by atoms with Crippen LogP contribution in [0.4, 0.5) is 0 Å². The lowest BCUT2D eigenvalue weighted by molar-refractivity contribution is 0.0489. The normalized spacial score (nSPS) is 15.2. The molecule has 2 atom stereocenters. The number of nitrogens with one attached hydrogen (secondary N) is 1. The summed E-state index contributed by atoms with van der Waals surface area (Å²) in [6.45, 7) is 12.5. The van der Waals surface area contributed by atoms with Gasteiger partial charge in [-0.15, -0.1) is 0 Å². The highest BCUT2D eigenvalue weighted by Crippen LogP contribution is 2.11. The zero-order valence-corrected chi connectivity index (χ0v) is 13.7. The first-order chi connectivity index (χ1) is 9.02. The summed E-state index contributed by atoms with van der Waals surface area (Å²) >= 11 is 0. The fraction of sp³-hybridized carbons (Fsp3) is 1.00. The van der Waals surface area contributed by atoms with Crippen LogP contribution < -0.4 is 5.32 Å². The standard InChI is InChI=1S/C15H34N2O2/c1-13(2)16-9-7-8-14(3)17(10-11-18-5)15(4)12-19-6/h13-16H,7-12H2,1-6H3. The van der Waals surface area contributed by atoms with Gasteiger partial charge in [0.15, 0.2) is 0 Å². The monoisotopic (exact) mass is 274 g/mol. The molecule has 4 nitrogen and oxygen atoms in total. The molecular weight excluding hydrogens is 240 g/mol. The maximum absolute atomic E-state index is 5.28. The molecule has 0 spiro atoms. The number of methoxy groups -OCH3 is 2. The average Bonchev–Trinajstić information content (AvgIpc) is 2.35. The molecular formula is C15H34N2O2. The third-order valence-corrected chi connectivity index (χ3v) is 3.45. The van der Waals surface area contributed by atoms with Gasteiger partial charge in [-0.3, -0.25) is 4.90 Å². The summed E-state index contributed by atoms with van der Waals surface area (Å²) in [7, 11) is 3.53. The van der Waals surface area contributed by atoms with Gasteiger partial charge in [0, 0.05) is 38.9 Å². The molecule has 0 aromatic carbocycles. The van der Waals surface area contributed by atoms with Crippen LogP contribution >= 0.6 is 0 Å². The molecule has 0 aliphatic heterocycles. The second-order valence-electron chi connectivity index (χ2n) is 5.64. The van der Waals surface area contributed by atoms with Gasteiger partial charge in [-0.2, -0.15) is 0 Å². The van der Waals surface area contributed by atoms with Gasteiger partial charge in [-0.05, 0) is 33.2 Å². The van der Waals surface area contributed by atoms with Crippen LogP contribution in [-0.2, 0) is 9.47 Å². The molecule has 0 aliphatic rings. The van der Waals surface area contributed by atoms with Crippen molar-refractivity contribution in [2.24, 2.45) is 0 Å². The van der Waals surface area contributed by atoms with E-state index in [2.05, 4.69) is 37.9 Å². The van der Waals surface area contributed by atoms with Gasteiger partial charge in [-0.1, -0.05) is 13.8 Å². The molecule has 1 N–H and O–H groups in total. The Bertz CT molecular complexity index is 201. The Balaban J connectivity index is 4.09. The molecule has 0 heterocycles. The molecule has 4 heteroatoms. The third kappa shape index (κ3) is 9.38. The Morgan fingerprint density at radius 2 is 1.68 bits per heavy atom. The van der Waals surface area contributed by atoms with Crippen LogP contribution in [0.1, 0.15) is 40.5 Å². The SMILES string of the molecule is COCCN(C(C)CCCNC(C)C)C(C)COC. The topological polar surface area (TPSA) is 33.7 Å². The summed E-state index contributed by atoms with van der Waals surface area (Å²) in [5, 5.41) is 3.47. The number of hydrogen-bond donors (Lipinski definition) is 1. The lowest BCUT2D eigenvalue weighted by Gasteiger charge is -2.34. The van der Waals surface area contributed by atoms with E-state index in [1.54, 1.807) is 14.2 Å². The van der Waals surface area contributed by atoms with E-state index in [-0.39, 0.29) is 0 Å². The van der Waals surface area contributed by atoms with Gasteiger partial charge >= 0.3 is 0 Å². The first-order valence-corrected chi connectivity index (χ1v) is 7.49. The molecule has 0 amide bonds. The maximum atomic E-state index is 5.28. The molecule has 0 saturated heterocycles. The Morgan fingerprint density at radius 3 is 2.21 bits per heavy atom. The summed E-state index contributed by atoms with van der Waals surface area (Å²) < 4.78 is 10.5. The Labute approximate surface area is 119 Å². The minimum absolute atomic E-state index is 0.438. The van der Waals surface area contributed by atoms with Crippen molar-refractivity contribution in [2.45, 2.75) is 58.7 Å². The molecule has 19 heavy (non-hydrogen) atoms. The van der Waals surface area contributed by atoms with Crippen molar-refractivity contribution in [3.8, 4) is 0 Å². The zero-order chi connectivity index (χ0) is 14.7. The van der Waals surface area contributed by atoms with Crippen LogP contribution in [0, 0.1) is 0 Å². The van der Waals surface area contributed by atoms with Crippen molar-refractivity contribution in [2.75, 3.05) is 40.5 Å². The first-order valence-electron chi connectivity index (χ1n) is 7.49. The summed E-state index contributed by atoms with van der Waals surface area (Å²) in [6, 6.07) is 1.58. The molecule has 0 rings (SSSR count). The van der Waals surface area contributed by atoms with E-state index in [1.807, 2.05) is 0 Å². The molecule has 0 saturated carbocycles. The van der Waals surface area contributed by atoms with E-state index >= 15 is 0 Å². The second-order valence-corrected chi connectivity index (χ2v) is 5.64. The largest absolute Gasteiger partial charge is 0.383 e. The predicted octanol–water partition coefficient (Wildman–Crippen LogP) is 2.14. The van der Waals surface area contributed by atoms with E-state index in [1.165, 1.54) is 12.8 Å². The van der Waals surface area contributed by atoms with E-state index in [4.69, 9.17) is 9.47 Å². The number of rotatable bonds is 12. The lowest BCUT2D eigenvalue weighted by Crippen LogP contribution is -2.44. The quantitative estimate of drug-likeness (QED) is 0.553. The summed E-state index contributed by atoms with van der Waals surface area (Å²) in [5.41, 5.74) is 0. The molecule has 0 fully saturated rings. The van der Waals surface area contributed by atoms with E-state index in [9.17, 15) is 0 Å². The molecule has 0 aliphatic carbocycles.